The molecule has 2 N–H and O–H groups in total. The highest BCUT2D eigenvalue weighted by Crippen LogP contribution is 2.36. The highest BCUT2D eigenvalue weighted by atomic mass is 16.2. The van der Waals surface area contributed by atoms with Gasteiger partial charge in [0.2, 0.25) is 0 Å². The Morgan fingerprint density at radius 3 is 2.23 bits per heavy atom. The van der Waals surface area contributed by atoms with E-state index in [2.05, 4.69) is 19.9 Å². The minimum absolute atomic E-state index is 0.183. The van der Waals surface area contributed by atoms with Gasteiger partial charge in [0, 0.05) is 5.39 Å². The molecule has 114 valence electrons. The van der Waals surface area contributed by atoms with Crippen molar-refractivity contribution in [1.29, 1.82) is 0 Å². The first kappa shape index (κ1) is 14.7. The number of carbonyl (C=O) groups excluding carboxylic acids is 2. The first-order valence-electron chi connectivity index (χ1n) is 7.57. The smallest absolute Gasteiger partial charge is 0.267 e. The van der Waals surface area contributed by atoms with E-state index in [0.29, 0.717) is 17.0 Å². The van der Waals surface area contributed by atoms with E-state index in [1.54, 1.807) is 0 Å². The molecular formula is C18H20N2O2. The Hall–Kier alpha value is -2.20. The predicted molar refractivity (Wildman–Crippen MR) is 86.8 cm³/mol. The molecule has 1 heterocycles. The zero-order valence-electron chi connectivity index (χ0n) is 13.3. The minimum atomic E-state index is -0.425. The number of hydrogen-bond acceptors (Lipinski definition) is 3. The summed E-state index contributed by atoms with van der Waals surface area (Å²) in [6.45, 7) is 8.22. The van der Waals surface area contributed by atoms with Crippen LogP contribution in [0.3, 0.4) is 0 Å². The summed E-state index contributed by atoms with van der Waals surface area (Å²) in [5, 5.41) is 2.41. The largest absolute Gasteiger partial charge is 0.276 e. The van der Waals surface area contributed by atoms with Crippen LogP contribution in [0.25, 0.3) is 10.8 Å². The topological polar surface area (TPSA) is 63.4 Å². The van der Waals surface area contributed by atoms with Crippen LogP contribution in [0.4, 0.5) is 0 Å². The van der Waals surface area contributed by atoms with Crippen LogP contribution in [0.15, 0.2) is 24.3 Å². The maximum absolute atomic E-state index is 12.5. The number of hydrazine groups is 1. The van der Waals surface area contributed by atoms with Crippen LogP contribution in [0.1, 0.15) is 71.4 Å². The summed E-state index contributed by atoms with van der Waals surface area (Å²) in [6, 6.07) is 7.90. The molecule has 0 saturated carbocycles. The lowest BCUT2D eigenvalue weighted by atomic mass is 9.85. The molecule has 0 fully saturated rings. The normalized spacial score (nSPS) is 14.6. The van der Waals surface area contributed by atoms with E-state index in [-0.39, 0.29) is 5.92 Å². The number of hydrogen-bond donors (Lipinski definition) is 1. The summed E-state index contributed by atoms with van der Waals surface area (Å²) in [6.07, 6.45) is 0. The molecule has 2 aromatic carbocycles. The van der Waals surface area contributed by atoms with Crippen molar-refractivity contribution in [3.8, 4) is 0 Å². The number of imide groups is 1. The second kappa shape index (κ2) is 4.92. The van der Waals surface area contributed by atoms with Crippen molar-refractivity contribution in [2.45, 2.75) is 39.5 Å². The molecule has 0 unspecified atom stereocenters. The van der Waals surface area contributed by atoms with Crippen LogP contribution in [-0.4, -0.2) is 16.8 Å². The molecule has 0 spiro atoms. The van der Waals surface area contributed by atoms with Crippen LogP contribution >= 0.6 is 0 Å². The molecule has 2 amide bonds. The maximum atomic E-state index is 12.5. The van der Waals surface area contributed by atoms with Crippen molar-refractivity contribution in [3.05, 3.63) is 46.5 Å². The Labute approximate surface area is 129 Å². The van der Waals surface area contributed by atoms with Crippen molar-refractivity contribution in [3.63, 3.8) is 0 Å². The molecule has 4 heteroatoms. The fourth-order valence-corrected chi connectivity index (χ4v) is 3.06. The quantitative estimate of drug-likeness (QED) is 0.523. The van der Waals surface area contributed by atoms with Gasteiger partial charge >= 0.3 is 0 Å². The fraction of sp³-hybridized carbons (Fsp3) is 0.333. The number of benzene rings is 2. The van der Waals surface area contributed by atoms with Crippen LogP contribution in [0.5, 0.6) is 0 Å². The van der Waals surface area contributed by atoms with Crippen molar-refractivity contribution in [2.24, 2.45) is 5.84 Å². The van der Waals surface area contributed by atoms with E-state index < -0.39 is 11.8 Å². The van der Waals surface area contributed by atoms with Gasteiger partial charge in [0.1, 0.15) is 0 Å². The maximum Gasteiger partial charge on any atom is 0.276 e. The standard InChI is InChI=1S/C18H20N2O2/c1-9(2)12-7-11-5-6-13(10(3)4)16-15(11)14(8-12)17(21)20(19)18(16)22/h5-10H,19H2,1-4H3. The number of nitrogens with zero attached hydrogens (tertiary/aromatic N) is 1. The summed E-state index contributed by atoms with van der Waals surface area (Å²) in [4.78, 5) is 25.0. The molecule has 1 aliphatic rings. The molecular weight excluding hydrogens is 276 g/mol. The number of carbonyl (C=O) groups is 2. The summed E-state index contributed by atoms with van der Waals surface area (Å²) in [7, 11) is 0. The summed E-state index contributed by atoms with van der Waals surface area (Å²) in [5.41, 5.74) is 3.10. The number of rotatable bonds is 2. The van der Waals surface area contributed by atoms with Gasteiger partial charge in [0.15, 0.2) is 0 Å². The van der Waals surface area contributed by atoms with Gasteiger partial charge in [-0.2, -0.15) is 0 Å². The zero-order chi connectivity index (χ0) is 16.2. The summed E-state index contributed by atoms with van der Waals surface area (Å²) < 4.78 is 0. The Bertz CT molecular complexity index is 806. The highest BCUT2D eigenvalue weighted by molar-refractivity contribution is 6.25. The molecule has 1 aliphatic heterocycles. The third-order valence-electron chi connectivity index (χ3n) is 4.34. The van der Waals surface area contributed by atoms with Gasteiger partial charge in [0.25, 0.3) is 11.8 Å². The zero-order valence-corrected chi connectivity index (χ0v) is 13.3. The van der Waals surface area contributed by atoms with E-state index in [1.807, 2.05) is 32.0 Å². The van der Waals surface area contributed by atoms with E-state index in [0.717, 1.165) is 26.9 Å². The van der Waals surface area contributed by atoms with Gasteiger partial charge in [-0.05, 0) is 34.4 Å². The van der Waals surface area contributed by atoms with Crippen molar-refractivity contribution in [1.82, 2.24) is 5.01 Å². The van der Waals surface area contributed by atoms with Gasteiger partial charge in [-0.1, -0.05) is 45.9 Å². The lowest BCUT2D eigenvalue weighted by Gasteiger charge is -2.27. The molecule has 0 atom stereocenters. The third-order valence-corrected chi connectivity index (χ3v) is 4.34. The molecule has 0 aromatic heterocycles. The lowest BCUT2D eigenvalue weighted by Crippen LogP contribution is -2.45. The van der Waals surface area contributed by atoms with Gasteiger partial charge in [0.05, 0.1) is 11.1 Å². The second-order valence-electron chi connectivity index (χ2n) is 6.49. The highest BCUT2D eigenvalue weighted by Gasteiger charge is 2.33. The van der Waals surface area contributed by atoms with E-state index in [4.69, 9.17) is 5.84 Å². The first-order valence-corrected chi connectivity index (χ1v) is 7.57. The summed E-state index contributed by atoms with van der Waals surface area (Å²) in [5.74, 6) is 5.38. The van der Waals surface area contributed by atoms with Gasteiger partial charge in [-0.15, -0.1) is 0 Å². The van der Waals surface area contributed by atoms with Crippen LogP contribution in [0, 0.1) is 0 Å². The molecule has 3 rings (SSSR count). The Morgan fingerprint density at radius 1 is 0.955 bits per heavy atom. The van der Waals surface area contributed by atoms with Crippen molar-refractivity contribution in [2.75, 3.05) is 0 Å². The van der Waals surface area contributed by atoms with E-state index in [9.17, 15) is 9.59 Å². The summed E-state index contributed by atoms with van der Waals surface area (Å²) >= 11 is 0. The van der Waals surface area contributed by atoms with Gasteiger partial charge in [-0.3, -0.25) is 9.59 Å². The Kier molecular flexibility index (Phi) is 3.29. The molecule has 0 aliphatic carbocycles. The van der Waals surface area contributed by atoms with Gasteiger partial charge in [-0.25, -0.2) is 10.9 Å². The van der Waals surface area contributed by atoms with Crippen molar-refractivity contribution < 1.29 is 9.59 Å². The Balaban J connectivity index is 2.47. The predicted octanol–water partition coefficient (Wildman–Crippen LogP) is 3.56. The third kappa shape index (κ3) is 1.95. The molecule has 22 heavy (non-hydrogen) atoms. The molecule has 2 aromatic rings. The second-order valence-corrected chi connectivity index (χ2v) is 6.49. The minimum Gasteiger partial charge on any atom is -0.267 e. The lowest BCUT2D eigenvalue weighted by molar-refractivity contribution is 0.0609. The number of amides is 2. The Morgan fingerprint density at radius 2 is 1.64 bits per heavy atom. The molecule has 4 nitrogen and oxygen atoms in total. The molecule has 0 radical (unpaired) electrons. The fourth-order valence-electron chi connectivity index (χ4n) is 3.06. The monoisotopic (exact) mass is 296 g/mol. The van der Waals surface area contributed by atoms with Crippen LogP contribution < -0.4 is 5.84 Å². The average Bonchev–Trinajstić information content (AvgIpc) is 2.48. The van der Waals surface area contributed by atoms with Crippen LogP contribution in [-0.2, 0) is 0 Å². The first-order chi connectivity index (χ1) is 10.3. The van der Waals surface area contributed by atoms with Crippen molar-refractivity contribution >= 4 is 22.6 Å². The van der Waals surface area contributed by atoms with E-state index >= 15 is 0 Å². The van der Waals surface area contributed by atoms with E-state index in [1.165, 1.54) is 0 Å². The number of nitrogens with two attached hydrogens (primary N) is 1. The van der Waals surface area contributed by atoms with Gasteiger partial charge < -0.3 is 0 Å². The van der Waals surface area contributed by atoms with Crippen LogP contribution in [0.2, 0.25) is 0 Å². The average molecular weight is 296 g/mol. The SMILES string of the molecule is CC(C)c1cc2c3c(c(C(C)C)ccc3c1)C(=O)N(N)C2=O. The molecule has 0 bridgehead atoms. The molecule has 0 saturated heterocycles.